The number of carbonyl (C=O) groups excluding carboxylic acids is 1. The average Bonchev–Trinajstić information content (AvgIpc) is 2.81. The van der Waals surface area contributed by atoms with Crippen LogP contribution in [-0.4, -0.2) is 5.91 Å². The molecule has 0 saturated heterocycles. The lowest BCUT2D eigenvalue weighted by molar-refractivity contribution is 0.0966. The molecule has 3 rings (SSSR count). The van der Waals surface area contributed by atoms with E-state index in [1.54, 1.807) is 0 Å². The fourth-order valence-corrected chi connectivity index (χ4v) is 2.44. The molecule has 90 valence electrons. The SMILES string of the molecule is CCc1ccc(-c2cccc3c2CNC3=O)cc1. The second kappa shape index (κ2) is 4.30. The first-order valence-corrected chi connectivity index (χ1v) is 6.29. The summed E-state index contributed by atoms with van der Waals surface area (Å²) in [7, 11) is 0. The number of benzene rings is 2. The Bertz CT molecular complexity index is 599. The summed E-state index contributed by atoms with van der Waals surface area (Å²) < 4.78 is 0. The Labute approximate surface area is 107 Å². The fraction of sp³-hybridized carbons (Fsp3) is 0.188. The largest absolute Gasteiger partial charge is 0.348 e. The molecule has 2 nitrogen and oxygen atoms in total. The van der Waals surface area contributed by atoms with Crippen molar-refractivity contribution in [1.82, 2.24) is 5.32 Å². The van der Waals surface area contributed by atoms with Gasteiger partial charge in [0.25, 0.3) is 5.91 Å². The molecule has 0 bridgehead atoms. The number of hydrogen-bond donors (Lipinski definition) is 1. The van der Waals surface area contributed by atoms with Crippen LogP contribution in [0.25, 0.3) is 11.1 Å². The molecule has 1 aliphatic rings. The van der Waals surface area contributed by atoms with Crippen LogP contribution in [0.15, 0.2) is 42.5 Å². The maximum Gasteiger partial charge on any atom is 0.251 e. The predicted octanol–water partition coefficient (Wildman–Crippen LogP) is 3.16. The molecule has 0 saturated carbocycles. The summed E-state index contributed by atoms with van der Waals surface area (Å²) in [5.74, 6) is 0.0389. The lowest BCUT2D eigenvalue weighted by atomic mass is 9.96. The van der Waals surface area contributed by atoms with Crippen molar-refractivity contribution in [2.75, 3.05) is 0 Å². The first-order chi connectivity index (χ1) is 8.79. The molecule has 2 heteroatoms. The van der Waals surface area contributed by atoms with E-state index in [1.165, 1.54) is 11.1 Å². The van der Waals surface area contributed by atoms with Crippen LogP contribution in [0.5, 0.6) is 0 Å². The molecule has 0 unspecified atom stereocenters. The molecule has 1 aliphatic heterocycles. The molecule has 18 heavy (non-hydrogen) atoms. The molecule has 1 heterocycles. The highest BCUT2D eigenvalue weighted by Gasteiger charge is 2.21. The maximum absolute atomic E-state index is 11.6. The number of hydrogen-bond acceptors (Lipinski definition) is 1. The third-order valence-corrected chi connectivity index (χ3v) is 3.52. The summed E-state index contributed by atoms with van der Waals surface area (Å²) >= 11 is 0. The zero-order valence-electron chi connectivity index (χ0n) is 10.4. The van der Waals surface area contributed by atoms with Crippen LogP contribution in [0.4, 0.5) is 0 Å². The van der Waals surface area contributed by atoms with Gasteiger partial charge in [-0.05, 0) is 34.7 Å². The predicted molar refractivity (Wildman–Crippen MR) is 72.4 cm³/mol. The van der Waals surface area contributed by atoms with E-state index in [0.29, 0.717) is 6.54 Å². The van der Waals surface area contributed by atoms with Crippen molar-refractivity contribution in [1.29, 1.82) is 0 Å². The van der Waals surface area contributed by atoms with E-state index in [1.807, 2.05) is 12.1 Å². The molecule has 0 radical (unpaired) electrons. The van der Waals surface area contributed by atoms with Crippen molar-refractivity contribution in [3.8, 4) is 11.1 Å². The Morgan fingerprint density at radius 1 is 1.06 bits per heavy atom. The van der Waals surface area contributed by atoms with Crippen molar-refractivity contribution in [2.45, 2.75) is 19.9 Å². The fourth-order valence-electron chi connectivity index (χ4n) is 2.44. The van der Waals surface area contributed by atoms with Gasteiger partial charge in [-0.2, -0.15) is 0 Å². The molecule has 2 aromatic carbocycles. The summed E-state index contributed by atoms with van der Waals surface area (Å²) in [6, 6.07) is 14.5. The molecule has 0 spiro atoms. The molecule has 2 aromatic rings. The number of fused-ring (bicyclic) bond motifs is 1. The van der Waals surface area contributed by atoms with Crippen LogP contribution >= 0.6 is 0 Å². The summed E-state index contributed by atoms with van der Waals surface area (Å²) in [5, 5.41) is 2.88. The highest BCUT2D eigenvalue weighted by Crippen LogP contribution is 2.29. The zero-order chi connectivity index (χ0) is 12.5. The van der Waals surface area contributed by atoms with Crippen LogP contribution in [0.2, 0.25) is 0 Å². The highest BCUT2D eigenvalue weighted by molar-refractivity contribution is 6.00. The van der Waals surface area contributed by atoms with Gasteiger partial charge in [-0.15, -0.1) is 0 Å². The molecule has 1 amide bonds. The topological polar surface area (TPSA) is 29.1 Å². The summed E-state index contributed by atoms with van der Waals surface area (Å²) in [6.07, 6.45) is 1.05. The lowest BCUT2D eigenvalue weighted by Gasteiger charge is -2.07. The molecule has 0 aromatic heterocycles. The number of rotatable bonds is 2. The molecule has 0 aliphatic carbocycles. The van der Waals surface area contributed by atoms with Crippen molar-refractivity contribution < 1.29 is 4.79 Å². The van der Waals surface area contributed by atoms with E-state index in [2.05, 4.69) is 42.6 Å². The number of nitrogens with one attached hydrogen (secondary N) is 1. The summed E-state index contributed by atoms with van der Waals surface area (Å²) in [4.78, 5) is 11.6. The third-order valence-electron chi connectivity index (χ3n) is 3.52. The second-order valence-corrected chi connectivity index (χ2v) is 4.56. The Hall–Kier alpha value is -2.09. The minimum absolute atomic E-state index is 0.0389. The number of aryl methyl sites for hydroxylation is 1. The number of amides is 1. The van der Waals surface area contributed by atoms with Crippen molar-refractivity contribution in [3.05, 3.63) is 59.2 Å². The van der Waals surface area contributed by atoms with E-state index in [4.69, 9.17) is 0 Å². The van der Waals surface area contributed by atoms with E-state index in [9.17, 15) is 4.79 Å². The first kappa shape index (κ1) is 11.0. The summed E-state index contributed by atoms with van der Waals surface area (Å²) in [5.41, 5.74) is 5.60. The molecular weight excluding hydrogens is 222 g/mol. The standard InChI is InChI=1S/C16H15NO/c1-2-11-6-8-12(9-7-11)13-4-3-5-14-15(13)10-17-16(14)18/h3-9H,2,10H2,1H3,(H,17,18). The summed E-state index contributed by atoms with van der Waals surface area (Å²) in [6.45, 7) is 2.79. The first-order valence-electron chi connectivity index (χ1n) is 6.29. The highest BCUT2D eigenvalue weighted by atomic mass is 16.1. The van der Waals surface area contributed by atoms with Gasteiger partial charge in [0.15, 0.2) is 0 Å². The van der Waals surface area contributed by atoms with Crippen molar-refractivity contribution >= 4 is 5.91 Å². The van der Waals surface area contributed by atoms with Crippen LogP contribution in [0, 0.1) is 0 Å². The average molecular weight is 237 g/mol. The quantitative estimate of drug-likeness (QED) is 0.854. The Balaban J connectivity index is 2.09. The Morgan fingerprint density at radius 2 is 1.78 bits per heavy atom. The minimum atomic E-state index is 0.0389. The van der Waals surface area contributed by atoms with Gasteiger partial charge < -0.3 is 5.32 Å². The smallest absolute Gasteiger partial charge is 0.251 e. The van der Waals surface area contributed by atoms with Gasteiger partial charge in [-0.1, -0.05) is 43.3 Å². The molecular formula is C16H15NO. The zero-order valence-corrected chi connectivity index (χ0v) is 10.4. The van der Waals surface area contributed by atoms with Crippen LogP contribution in [0.3, 0.4) is 0 Å². The molecule has 0 atom stereocenters. The maximum atomic E-state index is 11.6. The van der Waals surface area contributed by atoms with Gasteiger partial charge >= 0.3 is 0 Å². The minimum Gasteiger partial charge on any atom is -0.348 e. The van der Waals surface area contributed by atoms with Gasteiger partial charge in [0.05, 0.1) is 0 Å². The van der Waals surface area contributed by atoms with E-state index in [-0.39, 0.29) is 5.91 Å². The van der Waals surface area contributed by atoms with Gasteiger partial charge in [0.2, 0.25) is 0 Å². The van der Waals surface area contributed by atoms with Crippen LogP contribution in [-0.2, 0) is 13.0 Å². The normalized spacial score (nSPS) is 13.3. The Kier molecular flexibility index (Phi) is 2.63. The monoisotopic (exact) mass is 237 g/mol. The van der Waals surface area contributed by atoms with Crippen LogP contribution < -0.4 is 5.32 Å². The Morgan fingerprint density at radius 3 is 2.50 bits per heavy atom. The van der Waals surface area contributed by atoms with Crippen LogP contribution in [0.1, 0.15) is 28.4 Å². The van der Waals surface area contributed by atoms with Gasteiger partial charge in [0.1, 0.15) is 0 Å². The van der Waals surface area contributed by atoms with E-state index >= 15 is 0 Å². The van der Waals surface area contributed by atoms with Gasteiger partial charge in [-0.25, -0.2) is 0 Å². The van der Waals surface area contributed by atoms with Crippen molar-refractivity contribution in [2.24, 2.45) is 0 Å². The van der Waals surface area contributed by atoms with Gasteiger partial charge in [-0.3, -0.25) is 4.79 Å². The number of carbonyl (C=O) groups is 1. The van der Waals surface area contributed by atoms with E-state index < -0.39 is 0 Å². The van der Waals surface area contributed by atoms with Crippen molar-refractivity contribution in [3.63, 3.8) is 0 Å². The molecule has 0 fully saturated rings. The molecule has 1 N–H and O–H groups in total. The second-order valence-electron chi connectivity index (χ2n) is 4.56. The van der Waals surface area contributed by atoms with Gasteiger partial charge in [0, 0.05) is 12.1 Å². The third kappa shape index (κ3) is 1.70. The van der Waals surface area contributed by atoms with E-state index in [0.717, 1.165) is 23.1 Å². The lowest BCUT2D eigenvalue weighted by Crippen LogP contribution is -2.12.